The Labute approximate surface area is 147 Å². The smallest absolute Gasteiger partial charge is 0.248 e. The van der Waals surface area contributed by atoms with Crippen molar-refractivity contribution in [3.05, 3.63) is 40.2 Å². The number of halogens is 2. The van der Waals surface area contributed by atoms with Gasteiger partial charge in [0.1, 0.15) is 5.75 Å². The summed E-state index contributed by atoms with van der Waals surface area (Å²) in [6.07, 6.45) is 0.0526. The molecule has 0 saturated heterocycles. The Hall–Kier alpha value is -1.27. The molecule has 1 aromatic heterocycles. The molecule has 23 heavy (non-hydrogen) atoms. The third kappa shape index (κ3) is 4.85. The van der Waals surface area contributed by atoms with E-state index in [-0.39, 0.29) is 48.2 Å². The molecule has 0 aliphatic carbocycles. The van der Waals surface area contributed by atoms with Gasteiger partial charge in [-0.3, -0.25) is 4.79 Å². The van der Waals surface area contributed by atoms with Gasteiger partial charge in [-0.25, -0.2) is 0 Å². The minimum Gasteiger partial charge on any atom is -0.506 e. The summed E-state index contributed by atoms with van der Waals surface area (Å²) in [6.45, 7) is 6.07. The molecule has 0 aliphatic rings. The molecule has 0 radical (unpaired) electrons. The van der Waals surface area contributed by atoms with Gasteiger partial charge in [0.25, 0.3) is 0 Å². The van der Waals surface area contributed by atoms with E-state index in [0.717, 1.165) is 6.42 Å². The number of phenols is 1. The average molecular weight is 363 g/mol. The number of aromatic hydroxyl groups is 1. The molecule has 0 bridgehead atoms. The van der Waals surface area contributed by atoms with Gasteiger partial charge in [0.15, 0.2) is 0 Å². The molecule has 2 atom stereocenters. The summed E-state index contributed by atoms with van der Waals surface area (Å²) in [5.41, 5.74) is 0.772. The van der Waals surface area contributed by atoms with Crippen LogP contribution in [-0.2, 0) is 0 Å². The van der Waals surface area contributed by atoms with Crippen LogP contribution in [0.3, 0.4) is 0 Å². The fourth-order valence-corrected chi connectivity index (χ4v) is 2.59. The number of aromatic amines is 1. The summed E-state index contributed by atoms with van der Waals surface area (Å²) in [7, 11) is 0. The first-order chi connectivity index (χ1) is 9.93. The van der Waals surface area contributed by atoms with E-state index in [1.54, 1.807) is 12.1 Å². The van der Waals surface area contributed by atoms with Crippen LogP contribution in [0.4, 0.5) is 0 Å². The molecule has 2 unspecified atom stereocenters. The summed E-state index contributed by atoms with van der Waals surface area (Å²) < 4.78 is 0. The number of hydrogen-bond donors (Lipinski definition) is 4. The number of H-pyrrole nitrogens is 1. The van der Waals surface area contributed by atoms with Gasteiger partial charge < -0.3 is 20.5 Å². The normalized spacial score (nSPS) is 13.3. The van der Waals surface area contributed by atoms with Crippen molar-refractivity contribution in [2.45, 2.75) is 45.4 Å². The lowest BCUT2D eigenvalue weighted by molar-refractivity contribution is 0.123. The van der Waals surface area contributed by atoms with Gasteiger partial charge in [-0.1, -0.05) is 26.8 Å². The first kappa shape index (κ1) is 21.7. The van der Waals surface area contributed by atoms with Gasteiger partial charge in [0.2, 0.25) is 5.56 Å². The molecule has 130 valence electrons. The Balaban J connectivity index is 0.00000242. The summed E-state index contributed by atoms with van der Waals surface area (Å²) in [4.78, 5) is 14.0. The second kappa shape index (κ2) is 9.13. The molecule has 1 aromatic carbocycles. The highest BCUT2D eigenvalue weighted by Gasteiger charge is 2.22. The van der Waals surface area contributed by atoms with Crippen LogP contribution in [-0.4, -0.2) is 27.3 Å². The molecule has 1 heterocycles. The second-order valence-electron chi connectivity index (χ2n) is 5.57. The SMILES string of the molecule is CCC(NC(C)C)C(O)c1ccc(O)c2[nH]c(=O)ccc12.Cl.Cl. The lowest BCUT2D eigenvalue weighted by Gasteiger charge is -2.26. The first-order valence-corrected chi connectivity index (χ1v) is 7.23. The van der Waals surface area contributed by atoms with E-state index in [9.17, 15) is 15.0 Å². The summed E-state index contributed by atoms with van der Waals surface area (Å²) in [5.74, 6) is 0.00326. The minimum atomic E-state index is -0.716. The largest absolute Gasteiger partial charge is 0.506 e. The van der Waals surface area contributed by atoms with E-state index in [2.05, 4.69) is 10.3 Å². The van der Waals surface area contributed by atoms with Gasteiger partial charge in [0, 0.05) is 23.5 Å². The lowest BCUT2D eigenvalue weighted by atomic mass is 9.95. The van der Waals surface area contributed by atoms with Crippen molar-refractivity contribution in [2.24, 2.45) is 0 Å². The number of rotatable bonds is 5. The van der Waals surface area contributed by atoms with E-state index in [1.165, 1.54) is 12.1 Å². The zero-order valence-corrected chi connectivity index (χ0v) is 15.0. The van der Waals surface area contributed by atoms with E-state index in [4.69, 9.17) is 0 Å². The van der Waals surface area contributed by atoms with Crippen molar-refractivity contribution in [3.63, 3.8) is 0 Å². The number of nitrogens with one attached hydrogen (secondary N) is 2. The van der Waals surface area contributed by atoms with Gasteiger partial charge in [0.05, 0.1) is 11.6 Å². The molecule has 0 saturated carbocycles. The molecular weight excluding hydrogens is 339 g/mol. The van der Waals surface area contributed by atoms with Crippen molar-refractivity contribution in [3.8, 4) is 5.75 Å². The van der Waals surface area contributed by atoms with Crippen molar-refractivity contribution in [1.29, 1.82) is 0 Å². The molecule has 2 aromatic rings. The van der Waals surface area contributed by atoms with Gasteiger partial charge in [-0.15, -0.1) is 24.8 Å². The van der Waals surface area contributed by atoms with Crippen LogP contribution in [0.15, 0.2) is 29.1 Å². The Bertz CT molecular complexity index is 689. The molecule has 0 amide bonds. The predicted molar refractivity (Wildman–Crippen MR) is 98.0 cm³/mol. The number of fused-ring (bicyclic) bond motifs is 1. The summed E-state index contributed by atoms with van der Waals surface area (Å²) in [5, 5.41) is 24.5. The van der Waals surface area contributed by atoms with Crippen LogP contribution >= 0.6 is 24.8 Å². The maximum atomic E-state index is 11.4. The van der Waals surface area contributed by atoms with Crippen LogP contribution in [0, 0.1) is 0 Å². The number of aromatic nitrogens is 1. The number of aliphatic hydroxyl groups is 1. The molecule has 0 fully saturated rings. The monoisotopic (exact) mass is 362 g/mol. The molecule has 5 nitrogen and oxygen atoms in total. The van der Waals surface area contributed by atoms with E-state index < -0.39 is 6.10 Å². The summed E-state index contributed by atoms with van der Waals surface area (Å²) in [6, 6.07) is 6.39. The van der Waals surface area contributed by atoms with Crippen molar-refractivity contribution < 1.29 is 10.2 Å². The van der Waals surface area contributed by atoms with Crippen LogP contribution in [0.2, 0.25) is 0 Å². The van der Waals surface area contributed by atoms with Crippen molar-refractivity contribution >= 4 is 35.7 Å². The topological polar surface area (TPSA) is 85.3 Å². The number of hydrogen-bond acceptors (Lipinski definition) is 4. The summed E-state index contributed by atoms with van der Waals surface area (Å²) >= 11 is 0. The molecule has 2 rings (SSSR count). The Morgan fingerprint density at radius 1 is 1.17 bits per heavy atom. The van der Waals surface area contributed by atoms with Gasteiger partial charge in [-0.05, 0) is 24.1 Å². The Morgan fingerprint density at radius 3 is 2.39 bits per heavy atom. The van der Waals surface area contributed by atoms with Crippen molar-refractivity contribution in [2.75, 3.05) is 0 Å². The fraction of sp³-hybridized carbons (Fsp3) is 0.438. The van der Waals surface area contributed by atoms with E-state index in [0.29, 0.717) is 16.5 Å². The van der Waals surface area contributed by atoms with Crippen LogP contribution in [0.1, 0.15) is 38.9 Å². The van der Waals surface area contributed by atoms with Crippen LogP contribution < -0.4 is 10.9 Å². The van der Waals surface area contributed by atoms with Gasteiger partial charge >= 0.3 is 0 Å². The zero-order chi connectivity index (χ0) is 15.6. The molecule has 4 N–H and O–H groups in total. The molecule has 0 aliphatic heterocycles. The highest BCUT2D eigenvalue weighted by atomic mass is 35.5. The fourth-order valence-electron chi connectivity index (χ4n) is 2.59. The molecular formula is C16H24Cl2N2O3. The van der Waals surface area contributed by atoms with E-state index >= 15 is 0 Å². The van der Waals surface area contributed by atoms with E-state index in [1.807, 2.05) is 20.8 Å². The Morgan fingerprint density at radius 2 is 1.83 bits per heavy atom. The van der Waals surface area contributed by atoms with Crippen LogP contribution in [0.5, 0.6) is 5.75 Å². The third-order valence-corrected chi connectivity index (χ3v) is 3.59. The lowest BCUT2D eigenvalue weighted by Crippen LogP contribution is -2.39. The third-order valence-electron chi connectivity index (χ3n) is 3.59. The number of phenolic OH excluding ortho intramolecular Hbond substituents is 1. The van der Waals surface area contributed by atoms with Gasteiger partial charge in [-0.2, -0.15) is 0 Å². The Kier molecular flexibility index (Phi) is 8.63. The standard InChI is InChI=1S/C16H22N2O3.2ClH/c1-4-12(17-9(2)3)16(21)11-5-7-13(19)15-10(11)6-8-14(20)18-15;;/h5-9,12,16-17,19,21H,4H2,1-3H3,(H,18,20);2*1H. The molecule has 7 heteroatoms. The number of benzene rings is 1. The number of pyridine rings is 1. The highest BCUT2D eigenvalue weighted by Crippen LogP contribution is 2.30. The highest BCUT2D eigenvalue weighted by molar-refractivity contribution is 5.87. The maximum absolute atomic E-state index is 11.4. The quantitative estimate of drug-likeness (QED) is 0.658. The average Bonchev–Trinajstić information content (AvgIpc) is 2.45. The van der Waals surface area contributed by atoms with Crippen molar-refractivity contribution in [1.82, 2.24) is 10.3 Å². The number of aliphatic hydroxyl groups excluding tert-OH is 1. The first-order valence-electron chi connectivity index (χ1n) is 7.23. The second-order valence-corrected chi connectivity index (χ2v) is 5.57. The van der Waals surface area contributed by atoms with Crippen LogP contribution in [0.25, 0.3) is 10.9 Å². The molecule has 0 spiro atoms. The predicted octanol–water partition coefficient (Wildman–Crippen LogP) is 2.89. The zero-order valence-electron chi connectivity index (χ0n) is 13.4. The maximum Gasteiger partial charge on any atom is 0.248 e. The minimum absolute atomic E-state index is 0.